The van der Waals surface area contributed by atoms with E-state index in [1.165, 1.54) is 18.2 Å². The van der Waals surface area contributed by atoms with Gasteiger partial charge in [-0.05, 0) is 60.2 Å². The first kappa shape index (κ1) is 23.9. The summed E-state index contributed by atoms with van der Waals surface area (Å²) in [5.41, 5.74) is 1.80. The Bertz CT molecular complexity index is 1230. The average molecular weight is 498 g/mol. The SMILES string of the molecule is CCOc1cc(/C=C2\SC(=O)N(Cc3c(F)cccc3Cl)C2=O)ccc1OCc1ccccc1. The van der Waals surface area contributed by atoms with Crippen LogP contribution in [0.15, 0.2) is 71.6 Å². The molecule has 1 aliphatic heterocycles. The fourth-order valence-electron chi connectivity index (χ4n) is 3.37. The lowest BCUT2D eigenvalue weighted by atomic mass is 10.1. The van der Waals surface area contributed by atoms with Gasteiger partial charge in [-0.1, -0.05) is 54.1 Å². The molecule has 0 spiro atoms. The van der Waals surface area contributed by atoms with Crippen molar-refractivity contribution in [2.45, 2.75) is 20.1 Å². The Morgan fingerprint density at radius 2 is 1.79 bits per heavy atom. The van der Waals surface area contributed by atoms with Gasteiger partial charge in [-0.15, -0.1) is 0 Å². The molecule has 34 heavy (non-hydrogen) atoms. The van der Waals surface area contributed by atoms with Crippen molar-refractivity contribution in [1.29, 1.82) is 0 Å². The van der Waals surface area contributed by atoms with Gasteiger partial charge in [0.05, 0.1) is 18.1 Å². The van der Waals surface area contributed by atoms with Crippen molar-refractivity contribution in [1.82, 2.24) is 4.90 Å². The Labute approximate surface area is 206 Å². The number of rotatable bonds is 8. The largest absolute Gasteiger partial charge is 0.490 e. The van der Waals surface area contributed by atoms with E-state index in [1.807, 2.05) is 37.3 Å². The van der Waals surface area contributed by atoms with Crippen LogP contribution in [0.5, 0.6) is 11.5 Å². The minimum Gasteiger partial charge on any atom is -0.490 e. The molecule has 0 bridgehead atoms. The van der Waals surface area contributed by atoms with Crippen LogP contribution in [0.1, 0.15) is 23.6 Å². The zero-order valence-electron chi connectivity index (χ0n) is 18.3. The topological polar surface area (TPSA) is 55.8 Å². The predicted molar refractivity (Wildman–Crippen MR) is 131 cm³/mol. The van der Waals surface area contributed by atoms with Crippen LogP contribution in [0.4, 0.5) is 9.18 Å². The summed E-state index contributed by atoms with van der Waals surface area (Å²) >= 11 is 6.86. The van der Waals surface area contributed by atoms with E-state index in [4.69, 9.17) is 21.1 Å². The molecule has 1 fully saturated rings. The Morgan fingerprint density at radius 1 is 1.00 bits per heavy atom. The number of thioether (sulfide) groups is 1. The van der Waals surface area contributed by atoms with E-state index in [2.05, 4.69) is 0 Å². The molecule has 3 aromatic rings. The maximum absolute atomic E-state index is 14.1. The number of benzene rings is 3. The number of ether oxygens (including phenoxy) is 2. The quantitative estimate of drug-likeness (QED) is 0.324. The van der Waals surface area contributed by atoms with Gasteiger partial charge in [0.2, 0.25) is 0 Å². The minimum atomic E-state index is -0.567. The van der Waals surface area contributed by atoms with Crippen LogP contribution in [0.25, 0.3) is 6.08 Å². The third kappa shape index (κ3) is 5.43. The number of carbonyl (C=O) groups is 2. The second kappa shape index (κ2) is 10.8. The fraction of sp³-hybridized carbons (Fsp3) is 0.154. The highest BCUT2D eigenvalue weighted by atomic mass is 35.5. The van der Waals surface area contributed by atoms with Gasteiger partial charge in [0.1, 0.15) is 12.4 Å². The molecule has 0 atom stereocenters. The highest BCUT2D eigenvalue weighted by Crippen LogP contribution is 2.36. The zero-order chi connectivity index (χ0) is 24.1. The molecule has 174 valence electrons. The summed E-state index contributed by atoms with van der Waals surface area (Å²) < 4.78 is 25.8. The summed E-state index contributed by atoms with van der Waals surface area (Å²) in [6.45, 7) is 2.46. The fourth-order valence-corrected chi connectivity index (χ4v) is 4.43. The first-order valence-electron chi connectivity index (χ1n) is 10.6. The number of halogens is 2. The van der Waals surface area contributed by atoms with Crippen molar-refractivity contribution in [3.63, 3.8) is 0 Å². The first-order chi connectivity index (χ1) is 16.5. The van der Waals surface area contributed by atoms with E-state index in [-0.39, 0.29) is 22.0 Å². The lowest BCUT2D eigenvalue weighted by Crippen LogP contribution is -2.28. The Morgan fingerprint density at radius 3 is 2.53 bits per heavy atom. The minimum absolute atomic E-state index is 0.103. The predicted octanol–water partition coefficient (Wildman–Crippen LogP) is 6.69. The zero-order valence-corrected chi connectivity index (χ0v) is 19.9. The lowest BCUT2D eigenvalue weighted by molar-refractivity contribution is -0.123. The summed E-state index contributed by atoms with van der Waals surface area (Å²) in [6.07, 6.45) is 1.61. The molecule has 1 saturated heterocycles. The molecule has 5 nitrogen and oxygen atoms in total. The van der Waals surface area contributed by atoms with Crippen molar-refractivity contribution in [2.75, 3.05) is 6.61 Å². The maximum atomic E-state index is 14.1. The van der Waals surface area contributed by atoms with Crippen molar-refractivity contribution in [3.05, 3.63) is 99.2 Å². The van der Waals surface area contributed by atoms with Gasteiger partial charge < -0.3 is 9.47 Å². The van der Waals surface area contributed by atoms with Crippen LogP contribution in [0, 0.1) is 5.82 Å². The Balaban J connectivity index is 1.53. The van der Waals surface area contributed by atoms with Crippen molar-refractivity contribution in [3.8, 4) is 11.5 Å². The maximum Gasteiger partial charge on any atom is 0.293 e. The molecule has 0 aliphatic carbocycles. The van der Waals surface area contributed by atoms with Crippen LogP contribution in [0.3, 0.4) is 0 Å². The van der Waals surface area contributed by atoms with E-state index in [0.717, 1.165) is 22.2 Å². The van der Waals surface area contributed by atoms with Gasteiger partial charge in [0.25, 0.3) is 11.1 Å². The first-order valence-corrected chi connectivity index (χ1v) is 11.8. The van der Waals surface area contributed by atoms with Crippen molar-refractivity contribution < 1.29 is 23.5 Å². The molecule has 0 N–H and O–H groups in total. The molecule has 1 aliphatic rings. The van der Waals surface area contributed by atoms with Gasteiger partial charge in [-0.3, -0.25) is 14.5 Å². The van der Waals surface area contributed by atoms with Crippen LogP contribution >= 0.6 is 23.4 Å². The van der Waals surface area contributed by atoms with E-state index in [1.54, 1.807) is 24.3 Å². The molecule has 0 saturated carbocycles. The summed E-state index contributed by atoms with van der Waals surface area (Å²) in [5, 5.41) is -0.320. The van der Waals surface area contributed by atoms with E-state index in [0.29, 0.717) is 30.3 Å². The Kier molecular flexibility index (Phi) is 7.55. The standard InChI is InChI=1S/C26H21ClFNO4S/c1-2-32-23-13-18(11-12-22(23)33-16-17-7-4-3-5-8-17)14-24-25(30)29(26(31)34-24)15-19-20(27)9-6-10-21(19)28/h3-14H,2,15-16H2,1H3/b24-14-. The smallest absolute Gasteiger partial charge is 0.293 e. The molecule has 0 radical (unpaired) electrons. The van der Waals surface area contributed by atoms with Gasteiger partial charge in [-0.2, -0.15) is 0 Å². The second-order valence-corrected chi connectivity index (χ2v) is 8.78. The van der Waals surface area contributed by atoms with Crippen LogP contribution in [0.2, 0.25) is 5.02 Å². The molecule has 3 aromatic carbocycles. The summed E-state index contributed by atoms with van der Waals surface area (Å²) in [5.74, 6) is 0.0364. The number of hydrogen-bond donors (Lipinski definition) is 0. The normalized spacial score (nSPS) is 14.7. The summed E-state index contributed by atoms with van der Waals surface area (Å²) in [4.78, 5) is 26.6. The summed E-state index contributed by atoms with van der Waals surface area (Å²) in [7, 11) is 0. The third-order valence-corrected chi connectivity index (χ3v) is 6.32. The molecule has 0 unspecified atom stereocenters. The lowest BCUT2D eigenvalue weighted by Gasteiger charge is -2.14. The van der Waals surface area contributed by atoms with Gasteiger partial charge in [-0.25, -0.2) is 4.39 Å². The number of amides is 2. The highest BCUT2D eigenvalue weighted by molar-refractivity contribution is 8.18. The highest BCUT2D eigenvalue weighted by Gasteiger charge is 2.36. The van der Waals surface area contributed by atoms with Crippen molar-refractivity contribution >= 4 is 40.6 Å². The molecule has 4 rings (SSSR count). The van der Waals surface area contributed by atoms with Crippen LogP contribution < -0.4 is 9.47 Å². The van der Waals surface area contributed by atoms with E-state index < -0.39 is 17.0 Å². The third-order valence-electron chi connectivity index (χ3n) is 5.05. The summed E-state index contributed by atoms with van der Waals surface area (Å²) in [6, 6.07) is 19.3. The molecule has 0 aromatic heterocycles. The molecule has 8 heteroatoms. The van der Waals surface area contributed by atoms with E-state index in [9.17, 15) is 14.0 Å². The number of hydrogen-bond acceptors (Lipinski definition) is 5. The number of imide groups is 1. The van der Waals surface area contributed by atoms with Gasteiger partial charge in [0.15, 0.2) is 11.5 Å². The van der Waals surface area contributed by atoms with Crippen LogP contribution in [-0.4, -0.2) is 22.7 Å². The second-order valence-electron chi connectivity index (χ2n) is 7.38. The van der Waals surface area contributed by atoms with E-state index >= 15 is 0 Å². The monoisotopic (exact) mass is 497 g/mol. The van der Waals surface area contributed by atoms with Crippen LogP contribution in [-0.2, 0) is 17.9 Å². The number of nitrogens with zero attached hydrogens (tertiary/aromatic N) is 1. The van der Waals surface area contributed by atoms with Crippen molar-refractivity contribution in [2.24, 2.45) is 0 Å². The average Bonchev–Trinajstić information content (AvgIpc) is 3.09. The molecule has 1 heterocycles. The molecular formula is C26H21ClFNO4S. The molecular weight excluding hydrogens is 477 g/mol. The Hall–Kier alpha value is -3.29. The number of carbonyl (C=O) groups excluding carboxylic acids is 2. The van der Waals surface area contributed by atoms with Gasteiger partial charge >= 0.3 is 0 Å². The van der Waals surface area contributed by atoms with Gasteiger partial charge in [0, 0.05) is 10.6 Å². The molecule has 2 amide bonds.